The van der Waals surface area contributed by atoms with Crippen molar-refractivity contribution >= 4 is 23.8 Å². The summed E-state index contributed by atoms with van der Waals surface area (Å²) in [5.74, 6) is 0. The van der Waals surface area contributed by atoms with Gasteiger partial charge in [0, 0.05) is 5.02 Å². The third-order valence-electron chi connectivity index (χ3n) is 4.29. The second-order valence-electron chi connectivity index (χ2n) is 9.46. The number of amides is 2. The van der Waals surface area contributed by atoms with Crippen LogP contribution in [-0.4, -0.2) is 41.4 Å². The summed E-state index contributed by atoms with van der Waals surface area (Å²) in [5, 5.41) is 3.63. The van der Waals surface area contributed by atoms with Crippen LogP contribution in [0.1, 0.15) is 58.2 Å². The van der Waals surface area contributed by atoms with E-state index in [1.165, 1.54) is 0 Å². The highest BCUT2D eigenvalue weighted by Gasteiger charge is 2.51. The second kappa shape index (κ2) is 7.47. The van der Waals surface area contributed by atoms with Crippen LogP contribution >= 0.6 is 11.6 Å². The number of rotatable bonds is 2. The van der Waals surface area contributed by atoms with Crippen molar-refractivity contribution in [3.63, 3.8) is 0 Å². The maximum Gasteiger partial charge on any atom is 0.410 e. The van der Waals surface area contributed by atoms with Crippen LogP contribution in [0.15, 0.2) is 12.1 Å². The molecule has 1 fully saturated rings. The summed E-state index contributed by atoms with van der Waals surface area (Å²) in [5.41, 5.74) is 0.888. The lowest BCUT2D eigenvalue weighted by Gasteiger charge is -2.51. The molecular formula is C21H31ClN2O4. The van der Waals surface area contributed by atoms with Gasteiger partial charge in [0.15, 0.2) is 0 Å². The third-order valence-corrected chi connectivity index (χ3v) is 4.51. The fourth-order valence-electron chi connectivity index (χ4n) is 3.53. The predicted octanol–water partition coefficient (Wildman–Crippen LogP) is 4.93. The molecule has 1 saturated heterocycles. The number of benzene rings is 1. The van der Waals surface area contributed by atoms with Crippen molar-refractivity contribution in [3.05, 3.63) is 33.8 Å². The molecule has 1 aromatic carbocycles. The molecule has 2 rings (SSSR count). The summed E-state index contributed by atoms with van der Waals surface area (Å²) in [6, 6.07) is 3.72. The SMILES string of the molecule is Cc1cc(Cl)cc(C)c1C1(NC(=O)OC(C)(C)C)CN(C(=O)OC(C)(C)C)C1. The molecule has 1 aromatic rings. The summed E-state index contributed by atoms with van der Waals surface area (Å²) in [7, 11) is 0. The highest BCUT2D eigenvalue weighted by atomic mass is 35.5. The van der Waals surface area contributed by atoms with E-state index >= 15 is 0 Å². The van der Waals surface area contributed by atoms with Gasteiger partial charge >= 0.3 is 12.2 Å². The minimum Gasteiger partial charge on any atom is -0.444 e. The fourth-order valence-corrected chi connectivity index (χ4v) is 3.85. The van der Waals surface area contributed by atoms with Crippen molar-refractivity contribution in [1.82, 2.24) is 10.2 Å². The van der Waals surface area contributed by atoms with E-state index in [1.54, 1.807) is 4.90 Å². The molecule has 0 saturated carbocycles. The smallest absolute Gasteiger partial charge is 0.410 e. The first-order valence-electron chi connectivity index (χ1n) is 9.38. The molecule has 6 nitrogen and oxygen atoms in total. The van der Waals surface area contributed by atoms with Crippen LogP contribution in [-0.2, 0) is 15.0 Å². The van der Waals surface area contributed by atoms with Gasteiger partial charge in [-0.1, -0.05) is 11.6 Å². The Morgan fingerprint density at radius 1 is 1.00 bits per heavy atom. The first kappa shape index (κ1) is 22.3. The van der Waals surface area contributed by atoms with Gasteiger partial charge in [-0.3, -0.25) is 0 Å². The number of aryl methyl sites for hydroxylation is 2. The normalized spacial score (nSPS) is 16.2. The van der Waals surface area contributed by atoms with Gasteiger partial charge in [-0.25, -0.2) is 9.59 Å². The standard InChI is InChI=1S/C21H31ClN2O4/c1-13-9-15(22)10-14(2)16(13)21(23-17(25)27-19(3,4)5)11-24(12-21)18(26)28-20(6,7)8/h9-10H,11-12H2,1-8H3,(H,23,25). The molecular weight excluding hydrogens is 380 g/mol. The molecule has 1 aliphatic rings. The summed E-state index contributed by atoms with van der Waals surface area (Å²) in [4.78, 5) is 26.6. The predicted molar refractivity (Wildman–Crippen MR) is 110 cm³/mol. The Kier molecular flexibility index (Phi) is 5.96. The summed E-state index contributed by atoms with van der Waals surface area (Å²) in [6.07, 6.45) is -0.927. The number of ether oxygens (including phenoxy) is 2. The molecule has 1 aliphatic heterocycles. The number of carbonyl (C=O) groups excluding carboxylic acids is 2. The molecule has 0 unspecified atom stereocenters. The maximum absolute atomic E-state index is 12.5. The first-order chi connectivity index (χ1) is 12.6. The second-order valence-corrected chi connectivity index (χ2v) is 9.90. The topological polar surface area (TPSA) is 67.9 Å². The van der Waals surface area contributed by atoms with Gasteiger partial charge in [-0.05, 0) is 84.2 Å². The van der Waals surface area contributed by atoms with Crippen molar-refractivity contribution in [3.8, 4) is 0 Å². The van der Waals surface area contributed by atoms with Crippen LogP contribution in [0.25, 0.3) is 0 Å². The molecule has 0 spiro atoms. The van der Waals surface area contributed by atoms with Gasteiger partial charge in [-0.15, -0.1) is 0 Å². The number of alkyl carbamates (subject to hydrolysis) is 1. The number of hydrogen-bond acceptors (Lipinski definition) is 4. The molecule has 0 aliphatic carbocycles. The van der Waals surface area contributed by atoms with E-state index in [2.05, 4.69) is 5.32 Å². The van der Waals surface area contributed by atoms with Crippen molar-refractivity contribution < 1.29 is 19.1 Å². The summed E-state index contributed by atoms with van der Waals surface area (Å²) < 4.78 is 10.9. The van der Waals surface area contributed by atoms with E-state index < -0.39 is 28.9 Å². The number of halogens is 1. The van der Waals surface area contributed by atoms with Crippen LogP contribution in [0.2, 0.25) is 5.02 Å². The minimum absolute atomic E-state index is 0.296. The number of nitrogens with one attached hydrogen (secondary N) is 1. The van der Waals surface area contributed by atoms with Crippen LogP contribution in [0.5, 0.6) is 0 Å². The minimum atomic E-state index is -0.752. The van der Waals surface area contributed by atoms with Gasteiger partial charge < -0.3 is 19.7 Å². The average molecular weight is 411 g/mol. The van der Waals surface area contributed by atoms with Gasteiger partial charge in [0.1, 0.15) is 16.7 Å². The van der Waals surface area contributed by atoms with Gasteiger partial charge in [-0.2, -0.15) is 0 Å². The quantitative estimate of drug-likeness (QED) is 0.750. The highest BCUT2D eigenvalue weighted by Crippen LogP contribution is 2.38. The average Bonchev–Trinajstić information content (AvgIpc) is 2.37. The fraction of sp³-hybridized carbons (Fsp3) is 0.619. The van der Waals surface area contributed by atoms with Crippen molar-refractivity contribution in [2.45, 2.75) is 72.1 Å². The van der Waals surface area contributed by atoms with E-state index in [0.29, 0.717) is 18.1 Å². The molecule has 0 aromatic heterocycles. The Bertz CT molecular complexity index is 749. The van der Waals surface area contributed by atoms with Crippen molar-refractivity contribution in [2.24, 2.45) is 0 Å². The zero-order chi connectivity index (χ0) is 21.5. The van der Waals surface area contributed by atoms with Crippen molar-refractivity contribution in [2.75, 3.05) is 13.1 Å². The van der Waals surface area contributed by atoms with Crippen LogP contribution < -0.4 is 5.32 Å². The van der Waals surface area contributed by atoms with Gasteiger partial charge in [0.2, 0.25) is 0 Å². The number of nitrogens with zero attached hydrogens (tertiary/aromatic N) is 1. The van der Waals surface area contributed by atoms with E-state index in [9.17, 15) is 9.59 Å². The lowest BCUT2D eigenvalue weighted by Crippen LogP contribution is -2.70. The molecule has 0 atom stereocenters. The molecule has 156 valence electrons. The number of carbonyl (C=O) groups is 2. The summed E-state index contributed by atoms with van der Waals surface area (Å²) >= 11 is 6.18. The number of likely N-dealkylation sites (tertiary alicyclic amines) is 1. The van der Waals surface area contributed by atoms with Crippen LogP contribution in [0.4, 0.5) is 9.59 Å². The Labute approximate surface area is 172 Å². The molecule has 0 bridgehead atoms. The Hall–Kier alpha value is -1.95. The Morgan fingerprint density at radius 3 is 1.89 bits per heavy atom. The zero-order valence-corrected chi connectivity index (χ0v) is 18.8. The van der Waals surface area contributed by atoms with Gasteiger partial charge in [0.25, 0.3) is 0 Å². The molecule has 7 heteroatoms. The van der Waals surface area contributed by atoms with E-state index in [4.69, 9.17) is 21.1 Å². The molecule has 1 N–H and O–H groups in total. The largest absolute Gasteiger partial charge is 0.444 e. The van der Waals surface area contributed by atoms with Crippen molar-refractivity contribution in [1.29, 1.82) is 0 Å². The van der Waals surface area contributed by atoms with Crippen LogP contribution in [0.3, 0.4) is 0 Å². The monoisotopic (exact) mass is 410 g/mol. The first-order valence-corrected chi connectivity index (χ1v) is 9.76. The molecule has 0 radical (unpaired) electrons. The van der Waals surface area contributed by atoms with E-state index in [-0.39, 0.29) is 0 Å². The zero-order valence-electron chi connectivity index (χ0n) is 18.0. The molecule has 2 amide bonds. The van der Waals surface area contributed by atoms with Gasteiger partial charge in [0.05, 0.1) is 13.1 Å². The Balaban J connectivity index is 2.32. The Morgan fingerprint density at radius 2 is 1.46 bits per heavy atom. The molecule has 1 heterocycles. The summed E-state index contributed by atoms with van der Waals surface area (Å²) in [6.45, 7) is 15.4. The maximum atomic E-state index is 12.5. The highest BCUT2D eigenvalue weighted by molar-refractivity contribution is 6.30. The number of hydrogen-bond donors (Lipinski definition) is 1. The molecule has 28 heavy (non-hydrogen) atoms. The lowest BCUT2D eigenvalue weighted by molar-refractivity contribution is -0.0233. The van der Waals surface area contributed by atoms with Crippen LogP contribution in [0, 0.1) is 13.8 Å². The lowest BCUT2D eigenvalue weighted by atomic mass is 9.78. The van der Waals surface area contributed by atoms with E-state index in [1.807, 2.05) is 67.5 Å². The van der Waals surface area contributed by atoms with E-state index in [0.717, 1.165) is 16.7 Å². The third kappa shape index (κ3) is 5.31.